The fourth-order valence-corrected chi connectivity index (χ4v) is 3.14. The van der Waals surface area contributed by atoms with Crippen molar-refractivity contribution in [2.45, 2.75) is 27.3 Å². The monoisotopic (exact) mass is 360 g/mol. The average molecular weight is 360 g/mol. The number of carbonyl (C=O) groups excluding carboxylic acids is 2. The molecule has 1 aliphatic heterocycles. The molecule has 1 amide bonds. The van der Waals surface area contributed by atoms with Crippen LogP contribution < -0.4 is 10.6 Å². The van der Waals surface area contributed by atoms with Crippen molar-refractivity contribution in [1.82, 2.24) is 10.2 Å². The predicted octanol–water partition coefficient (Wildman–Crippen LogP) is 1.85. The average Bonchev–Trinajstić information content (AvgIpc) is 2.99. The van der Waals surface area contributed by atoms with Gasteiger partial charge < -0.3 is 20.3 Å². The first-order valence-corrected chi connectivity index (χ1v) is 8.92. The third-order valence-electron chi connectivity index (χ3n) is 4.41. The molecule has 1 aliphatic rings. The van der Waals surface area contributed by atoms with Gasteiger partial charge in [0.2, 0.25) is 5.91 Å². The molecule has 142 valence electrons. The molecule has 1 aromatic carbocycles. The minimum Gasteiger partial charge on any atom is -0.469 e. The van der Waals surface area contributed by atoms with Crippen molar-refractivity contribution in [2.75, 3.05) is 32.1 Å². The summed E-state index contributed by atoms with van der Waals surface area (Å²) in [6.07, 6.45) is 0. The molecule has 0 aliphatic carbocycles. The molecular formula is C19H28N4O3. The van der Waals surface area contributed by atoms with Gasteiger partial charge in [0, 0.05) is 32.2 Å². The van der Waals surface area contributed by atoms with E-state index in [0.717, 1.165) is 30.3 Å². The fourth-order valence-electron chi connectivity index (χ4n) is 3.14. The van der Waals surface area contributed by atoms with Crippen LogP contribution in [0.15, 0.2) is 29.3 Å². The van der Waals surface area contributed by atoms with Crippen LogP contribution in [0.1, 0.15) is 26.3 Å². The molecule has 2 unspecified atom stereocenters. The summed E-state index contributed by atoms with van der Waals surface area (Å²) in [7, 11) is 1.43. The Balaban J connectivity index is 2.10. The van der Waals surface area contributed by atoms with Gasteiger partial charge in [-0.15, -0.1) is 0 Å². The molecule has 0 radical (unpaired) electrons. The number of carbonyl (C=O) groups is 2. The molecule has 7 nitrogen and oxygen atoms in total. The highest BCUT2D eigenvalue weighted by molar-refractivity contribution is 5.88. The highest BCUT2D eigenvalue weighted by Gasteiger charge is 2.36. The fraction of sp³-hybridized carbons (Fsp3) is 0.526. The Labute approximate surface area is 154 Å². The smallest absolute Gasteiger partial charge is 0.310 e. The predicted molar refractivity (Wildman–Crippen MR) is 102 cm³/mol. The molecule has 2 rings (SSSR count). The van der Waals surface area contributed by atoms with Gasteiger partial charge in [0.25, 0.3) is 0 Å². The number of guanidine groups is 1. The van der Waals surface area contributed by atoms with Gasteiger partial charge in [0.15, 0.2) is 5.96 Å². The van der Waals surface area contributed by atoms with Crippen LogP contribution in [-0.2, 0) is 20.9 Å². The quantitative estimate of drug-likeness (QED) is 0.476. The summed E-state index contributed by atoms with van der Waals surface area (Å²) < 4.78 is 4.91. The van der Waals surface area contributed by atoms with Gasteiger partial charge >= 0.3 is 5.97 Å². The molecular weight excluding hydrogens is 332 g/mol. The third-order valence-corrected chi connectivity index (χ3v) is 4.41. The number of hydrogen-bond donors (Lipinski definition) is 2. The molecule has 1 saturated heterocycles. The van der Waals surface area contributed by atoms with Gasteiger partial charge in [-0.3, -0.25) is 9.59 Å². The summed E-state index contributed by atoms with van der Waals surface area (Å²) in [6.45, 7) is 8.16. The van der Waals surface area contributed by atoms with Crippen molar-refractivity contribution in [3.05, 3.63) is 29.8 Å². The standard InChI is InChI=1S/C19H28N4O3/c1-5-20-19(23-11-13(2)17(12-23)18(25)26-4)21-10-15-7-6-8-16(9-15)22-14(3)24/h6-9,13,17H,5,10-12H2,1-4H3,(H,20,21)(H,22,24). The Morgan fingerprint density at radius 2 is 2.12 bits per heavy atom. The number of anilines is 1. The van der Waals surface area contributed by atoms with Crippen LogP contribution in [0.2, 0.25) is 0 Å². The Kier molecular flexibility index (Phi) is 7.00. The maximum Gasteiger partial charge on any atom is 0.310 e. The van der Waals surface area contributed by atoms with Crippen molar-refractivity contribution in [3.8, 4) is 0 Å². The van der Waals surface area contributed by atoms with Gasteiger partial charge in [0.1, 0.15) is 0 Å². The molecule has 0 saturated carbocycles. The second-order valence-electron chi connectivity index (χ2n) is 6.56. The highest BCUT2D eigenvalue weighted by atomic mass is 16.5. The Morgan fingerprint density at radius 3 is 2.77 bits per heavy atom. The Morgan fingerprint density at radius 1 is 1.35 bits per heavy atom. The van der Waals surface area contributed by atoms with E-state index in [9.17, 15) is 9.59 Å². The van der Waals surface area contributed by atoms with Gasteiger partial charge in [-0.05, 0) is 30.5 Å². The second kappa shape index (κ2) is 9.22. The SMILES string of the molecule is CCNC(=NCc1cccc(NC(C)=O)c1)N1CC(C)C(C(=O)OC)C1. The number of nitrogens with one attached hydrogen (secondary N) is 2. The van der Waals surface area contributed by atoms with Crippen molar-refractivity contribution in [1.29, 1.82) is 0 Å². The third kappa shape index (κ3) is 5.21. The van der Waals surface area contributed by atoms with E-state index >= 15 is 0 Å². The first-order chi connectivity index (χ1) is 12.4. The maximum absolute atomic E-state index is 11.9. The lowest BCUT2D eigenvalue weighted by Gasteiger charge is -2.21. The van der Waals surface area contributed by atoms with Crippen molar-refractivity contribution in [2.24, 2.45) is 16.8 Å². The lowest BCUT2D eigenvalue weighted by Crippen LogP contribution is -2.40. The van der Waals surface area contributed by atoms with Crippen LogP contribution in [0.3, 0.4) is 0 Å². The number of likely N-dealkylation sites (tertiary alicyclic amines) is 1. The molecule has 0 spiro atoms. The van der Waals surface area contributed by atoms with Crippen molar-refractivity contribution in [3.63, 3.8) is 0 Å². The zero-order valence-electron chi connectivity index (χ0n) is 15.9. The van der Waals surface area contributed by atoms with Crippen LogP contribution in [0.25, 0.3) is 0 Å². The number of ether oxygens (including phenoxy) is 1. The van der Waals surface area contributed by atoms with Crippen molar-refractivity contribution >= 4 is 23.5 Å². The maximum atomic E-state index is 11.9. The minimum absolute atomic E-state index is 0.0982. The molecule has 2 atom stereocenters. The Hall–Kier alpha value is -2.57. The molecule has 1 fully saturated rings. The van der Waals surface area contributed by atoms with E-state index in [-0.39, 0.29) is 23.7 Å². The first kappa shape index (κ1) is 19.8. The number of hydrogen-bond acceptors (Lipinski definition) is 4. The van der Waals surface area contributed by atoms with Crippen LogP contribution in [0.5, 0.6) is 0 Å². The van der Waals surface area contributed by atoms with Crippen LogP contribution in [-0.4, -0.2) is 49.5 Å². The molecule has 7 heteroatoms. The molecule has 0 bridgehead atoms. The van der Waals surface area contributed by atoms with Crippen molar-refractivity contribution < 1.29 is 14.3 Å². The van der Waals surface area contributed by atoms with E-state index in [1.54, 1.807) is 0 Å². The number of aliphatic imine (C=N–C) groups is 1. The molecule has 2 N–H and O–H groups in total. The molecule has 0 aromatic heterocycles. The number of nitrogens with zero attached hydrogens (tertiary/aromatic N) is 2. The lowest BCUT2D eigenvalue weighted by molar-refractivity contribution is -0.146. The van der Waals surface area contributed by atoms with Crippen LogP contribution in [0, 0.1) is 11.8 Å². The number of rotatable bonds is 5. The Bertz CT molecular complexity index is 675. The zero-order chi connectivity index (χ0) is 19.1. The van der Waals surface area contributed by atoms with Gasteiger partial charge in [-0.2, -0.15) is 0 Å². The number of methoxy groups -OCH3 is 1. The van der Waals surface area contributed by atoms with Crippen LogP contribution >= 0.6 is 0 Å². The van der Waals surface area contributed by atoms with E-state index < -0.39 is 0 Å². The normalized spacial score (nSPS) is 20.0. The van der Waals surface area contributed by atoms with E-state index in [1.165, 1.54) is 14.0 Å². The summed E-state index contributed by atoms with van der Waals surface area (Å²) in [4.78, 5) is 29.9. The summed E-state index contributed by atoms with van der Waals surface area (Å²) in [5.41, 5.74) is 1.76. The zero-order valence-corrected chi connectivity index (χ0v) is 15.9. The van der Waals surface area contributed by atoms with E-state index in [1.807, 2.05) is 31.2 Å². The summed E-state index contributed by atoms with van der Waals surface area (Å²) in [5.74, 6) is 0.606. The van der Waals surface area contributed by atoms with Gasteiger partial charge in [0.05, 0.1) is 19.6 Å². The number of amides is 1. The first-order valence-electron chi connectivity index (χ1n) is 8.92. The summed E-state index contributed by atoms with van der Waals surface area (Å²) in [5, 5.41) is 6.07. The molecule has 1 heterocycles. The summed E-state index contributed by atoms with van der Waals surface area (Å²) in [6, 6.07) is 7.64. The van der Waals surface area contributed by atoms with E-state index in [0.29, 0.717) is 13.1 Å². The van der Waals surface area contributed by atoms with Crippen LogP contribution in [0.4, 0.5) is 5.69 Å². The van der Waals surface area contributed by atoms with E-state index in [4.69, 9.17) is 9.73 Å². The largest absolute Gasteiger partial charge is 0.469 e. The molecule has 1 aromatic rings. The number of benzene rings is 1. The topological polar surface area (TPSA) is 83.0 Å². The van der Waals surface area contributed by atoms with Gasteiger partial charge in [-0.1, -0.05) is 19.1 Å². The van der Waals surface area contributed by atoms with Gasteiger partial charge in [-0.25, -0.2) is 4.99 Å². The second-order valence-corrected chi connectivity index (χ2v) is 6.56. The van der Waals surface area contributed by atoms with E-state index in [2.05, 4.69) is 22.5 Å². The highest BCUT2D eigenvalue weighted by Crippen LogP contribution is 2.24. The minimum atomic E-state index is -0.168. The molecule has 26 heavy (non-hydrogen) atoms. The number of esters is 1. The lowest BCUT2D eigenvalue weighted by atomic mass is 9.99. The summed E-state index contributed by atoms with van der Waals surface area (Å²) >= 11 is 0.